The molecule has 3 unspecified atom stereocenters. The summed E-state index contributed by atoms with van der Waals surface area (Å²) >= 11 is 0. The third-order valence-electron chi connectivity index (χ3n) is 10.8. The largest absolute Gasteiger partial charge is 0.507 e. The molecule has 2 heterocycles. The van der Waals surface area contributed by atoms with E-state index in [-0.39, 0.29) is 48.4 Å². The summed E-state index contributed by atoms with van der Waals surface area (Å²) in [5, 5.41) is 65.4. The van der Waals surface area contributed by atoms with E-state index in [4.69, 9.17) is 23.7 Å². The monoisotopic (exact) mass is 715 g/mol. The van der Waals surface area contributed by atoms with Gasteiger partial charge in [-0.2, -0.15) is 0 Å². The fourth-order valence-electron chi connectivity index (χ4n) is 8.03. The van der Waals surface area contributed by atoms with Gasteiger partial charge in [0.2, 0.25) is 5.78 Å². The number of hydrogen-bond acceptors (Lipinski definition) is 15. The number of esters is 1. The molecule has 6 N–H and O–H groups in total. The number of benzene rings is 2. The molecule has 15 nitrogen and oxygen atoms in total. The minimum absolute atomic E-state index is 0.00137. The molecular formula is C36H45NO14. The van der Waals surface area contributed by atoms with Gasteiger partial charge in [-0.3, -0.25) is 14.4 Å². The summed E-state index contributed by atoms with van der Waals surface area (Å²) in [5.74, 6) is -5.85. The third kappa shape index (κ3) is 6.18. The molecule has 6 rings (SSSR count). The van der Waals surface area contributed by atoms with Gasteiger partial charge in [0.05, 0.1) is 53.8 Å². The minimum Gasteiger partial charge on any atom is -0.507 e. The lowest BCUT2D eigenvalue weighted by Gasteiger charge is -2.48. The number of methoxy groups -OCH3 is 1. The number of rotatable bonds is 7. The number of aliphatic hydroxyl groups excluding tert-OH is 2. The zero-order valence-corrected chi connectivity index (χ0v) is 29.2. The molecule has 0 amide bonds. The van der Waals surface area contributed by atoms with Crippen LogP contribution in [0, 0.1) is 0 Å². The van der Waals surface area contributed by atoms with Crippen LogP contribution in [0.25, 0.3) is 0 Å². The van der Waals surface area contributed by atoms with Crippen molar-refractivity contribution in [3.63, 3.8) is 0 Å². The Morgan fingerprint density at radius 1 is 0.941 bits per heavy atom. The standard InChI is InChI=1S/C36H45NO14/c1-7-36(46)13-22(50-23-11-18(37(4)5)34(15(3)49-23)51-24-12-21(40)30(41)14(2)48-24)25-16(29(36)35(45)47-6)10-17-26(32(25)43)33(44)28-20(39)9-8-19(38)27(28)31(17)42/h8-10,14-15,18,21-24,29-30,34,38-41,43,46H,7,11-13H2,1-6H3/t14?,15?,18-,21-,22?,23-,24-,29+,30-,34-,36+/m0/s1. The van der Waals surface area contributed by atoms with E-state index in [0.717, 1.165) is 19.2 Å². The molecule has 278 valence electrons. The number of nitrogens with zero attached hydrogens (tertiary/aromatic N) is 1. The van der Waals surface area contributed by atoms with Crippen molar-refractivity contribution in [2.24, 2.45) is 0 Å². The van der Waals surface area contributed by atoms with E-state index in [1.54, 1.807) is 20.8 Å². The van der Waals surface area contributed by atoms with Crippen molar-refractivity contribution in [2.75, 3.05) is 21.2 Å². The lowest BCUT2D eigenvalue weighted by molar-refractivity contribution is -0.310. The van der Waals surface area contributed by atoms with Crippen LogP contribution >= 0.6 is 0 Å². The van der Waals surface area contributed by atoms with Crippen molar-refractivity contribution < 1.29 is 68.7 Å². The van der Waals surface area contributed by atoms with E-state index in [1.165, 1.54) is 6.07 Å². The SMILES string of the molecule is CC[C@@]1(O)CC(O[C@H]2C[C@H](N(C)C)[C@@H](O[C@H]3C[C@H](O)[C@@H](O)C(C)O3)C(C)O2)c2c(cc3c(c2O)C(=O)c2c(O)ccc(O)c2C3=O)[C@@H]1C(=O)OC. The number of ketones is 2. The molecule has 0 aromatic heterocycles. The molecule has 2 saturated heterocycles. The van der Waals surface area contributed by atoms with Gasteiger partial charge in [0, 0.05) is 36.4 Å². The van der Waals surface area contributed by atoms with Crippen molar-refractivity contribution in [3.8, 4) is 17.2 Å². The van der Waals surface area contributed by atoms with Crippen LogP contribution < -0.4 is 0 Å². The molecule has 2 aliphatic carbocycles. The second-order valence-corrected chi connectivity index (χ2v) is 14.1. The van der Waals surface area contributed by atoms with Gasteiger partial charge in [-0.05, 0) is 58.1 Å². The van der Waals surface area contributed by atoms with Crippen molar-refractivity contribution in [1.29, 1.82) is 0 Å². The van der Waals surface area contributed by atoms with Gasteiger partial charge in [0.1, 0.15) is 35.4 Å². The molecule has 2 aromatic carbocycles. The first kappa shape index (κ1) is 37.1. The normalized spacial score (nSPS) is 34.9. The Balaban J connectivity index is 1.39. The Bertz CT molecular complexity index is 1720. The number of aliphatic hydroxyl groups is 3. The number of phenolic OH excluding ortho intramolecular Hbond substituents is 3. The number of carbonyl (C=O) groups excluding carboxylic acids is 3. The van der Waals surface area contributed by atoms with Crippen LogP contribution in [0.5, 0.6) is 17.2 Å². The van der Waals surface area contributed by atoms with Crippen molar-refractivity contribution in [1.82, 2.24) is 4.90 Å². The van der Waals surface area contributed by atoms with Crippen LogP contribution in [0.2, 0.25) is 0 Å². The Kier molecular flexibility index (Phi) is 9.97. The Labute approximate surface area is 294 Å². The lowest BCUT2D eigenvalue weighted by Crippen LogP contribution is -2.57. The van der Waals surface area contributed by atoms with Crippen LogP contribution in [0.15, 0.2) is 18.2 Å². The number of hydrogen-bond donors (Lipinski definition) is 6. The third-order valence-corrected chi connectivity index (χ3v) is 10.8. The number of likely N-dealkylation sites (N-methyl/N-ethyl adjacent to an activating group) is 1. The Hall–Kier alpha value is -3.67. The molecule has 4 aliphatic rings. The zero-order chi connectivity index (χ0) is 37.3. The predicted molar refractivity (Wildman–Crippen MR) is 175 cm³/mol. The number of carbonyl (C=O) groups is 3. The topological polar surface area (TPSA) is 222 Å². The molecule has 2 fully saturated rings. The fourth-order valence-corrected chi connectivity index (χ4v) is 8.03. The van der Waals surface area contributed by atoms with Crippen LogP contribution in [-0.2, 0) is 28.5 Å². The highest BCUT2D eigenvalue weighted by atomic mass is 16.7. The van der Waals surface area contributed by atoms with Gasteiger partial charge >= 0.3 is 5.97 Å². The first-order chi connectivity index (χ1) is 24.0. The predicted octanol–water partition coefficient (Wildman–Crippen LogP) is 1.74. The zero-order valence-electron chi connectivity index (χ0n) is 29.2. The highest BCUT2D eigenvalue weighted by Crippen LogP contribution is 2.54. The summed E-state index contributed by atoms with van der Waals surface area (Å²) in [5.41, 5.74) is -3.53. The first-order valence-corrected chi connectivity index (χ1v) is 17.0. The Morgan fingerprint density at radius 3 is 2.14 bits per heavy atom. The van der Waals surface area contributed by atoms with Crippen molar-refractivity contribution >= 4 is 17.5 Å². The molecule has 51 heavy (non-hydrogen) atoms. The number of ether oxygens (including phenoxy) is 5. The van der Waals surface area contributed by atoms with Gasteiger partial charge in [-0.25, -0.2) is 0 Å². The molecule has 0 radical (unpaired) electrons. The van der Waals surface area contributed by atoms with Crippen molar-refractivity contribution in [2.45, 2.75) is 113 Å². The highest BCUT2D eigenvalue weighted by Gasteiger charge is 2.53. The van der Waals surface area contributed by atoms with Crippen LogP contribution in [0.3, 0.4) is 0 Å². The summed E-state index contributed by atoms with van der Waals surface area (Å²) < 4.78 is 30.0. The molecule has 0 spiro atoms. The average Bonchev–Trinajstić information content (AvgIpc) is 3.07. The second kappa shape index (κ2) is 13.7. The average molecular weight is 716 g/mol. The minimum atomic E-state index is -1.79. The van der Waals surface area contributed by atoms with Crippen LogP contribution in [0.1, 0.15) is 101 Å². The van der Waals surface area contributed by atoms with Gasteiger partial charge in [-0.15, -0.1) is 0 Å². The number of fused-ring (bicyclic) bond motifs is 3. The van der Waals surface area contributed by atoms with Gasteiger partial charge in [-0.1, -0.05) is 6.92 Å². The van der Waals surface area contributed by atoms with Crippen molar-refractivity contribution in [3.05, 3.63) is 51.6 Å². The fraction of sp³-hybridized carbons (Fsp3) is 0.583. The summed E-state index contributed by atoms with van der Waals surface area (Å²) in [7, 11) is 4.83. The van der Waals surface area contributed by atoms with E-state index >= 15 is 0 Å². The quantitative estimate of drug-likeness (QED) is 0.152. The Morgan fingerprint density at radius 2 is 1.55 bits per heavy atom. The summed E-state index contributed by atoms with van der Waals surface area (Å²) in [6.07, 6.45) is -6.80. The molecule has 2 aromatic rings. The highest BCUT2D eigenvalue weighted by molar-refractivity contribution is 6.31. The van der Waals surface area contributed by atoms with E-state index in [9.17, 15) is 45.0 Å². The molecule has 0 saturated carbocycles. The molecule has 15 heteroatoms. The summed E-state index contributed by atoms with van der Waals surface area (Å²) in [6.45, 7) is 5.08. The van der Waals surface area contributed by atoms with Gasteiger partial charge < -0.3 is 59.2 Å². The maximum Gasteiger partial charge on any atom is 0.316 e. The maximum atomic E-state index is 13.9. The summed E-state index contributed by atoms with van der Waals surface area (Å²) in [6, 6.07) is 3.04. The second-order valence-electron chi connectivity index (χ2n) is 14.1. The van der Waals surface area contributed by atoms with Gasteiger partial charge in [0.15, 0.2) is 18.4 Å². The van der Waals surface area contributed by atoms with E-state index in [0.29, 0.717) is 0 Å². The van der Waals surface area contributed by atoms with Crippen LogP contribution in [0.4, 0.5) is 0 Å². The maximum absolute atomic E-state index is 13.9. The molecule has 2 aliphatic heterocycles. The summed E-state index contributed by atoms with van der Waals surface area (Å²) in [4.78, 5) is 42.9. The van der Waals surface area contributed by atoms with E-state index < -0.39 is 112 Å². The number of phenols is 3. The number of aromatic hydroxyl groups is 3. The smallest absolute Gasteiger partial charge is 0.316 e. The van der Waals surface area contributed by atoms with Crippen LogP contribution in [-0.4, -0.2) is 129 Å². The molecule has 0 bridgehead atoms. The van der Waals surface area contributed by atoms with Gasteiger partial charge in [0.25, 0.3) is 0 Å². The molecule has 11 atom stereocenters. The van der Waals surface area contributed by atoms with E-state index in [2.05, 4.69) is 0 Å². The molecular weight excluding hydrogens is 670 g/mol. The lowest BCUT2D eigenvalue weighted by atomic mass is 9.67. The van der Waals surface area contributed by atoms with E-state index in [1.807, 2.05) is 19.0 Å². The first-order valence-electron chi connectivity index (χ1n) is 17.0.